The summed E-state index contributed by atoms with van der Waals surface area (Å²) in [6, 6.07) is 9.61. The smallest absolute Gasteiger partial charge is 0.410 e. The Morgan fingerprint density at radius 2 is 1.91 bits per heavy atom. The van der Waals surface area contributed by atoms with Crippen LogP contribution in [0, 0.1) is 11.8 Å². The van der Waals surface area contributed by atoms with Crippen LogP contribution in [0.2, 0.25) is 0 Å². The average molecular weight is 301 g/mol. The molecule has 1 aromatic carbocycles. The van der Waals surface area contributed by atoms with Gasteiger partial charge in [-0.15, -0.1) is 5.92 Å². The molecule has 1 unspecified atom stereocenters. The zero-order valence-corrected chi connectivity index (χ0v) is 14.0. The molecule has 0 saturated heterocycles. The van der Waals surface area contributed by atoms with Crippen LogP contribution >= 0.6 is 0 Å². The third-order valence-electron chi connectivity index (χ3n) is 3.45. The second kappa shape index (κ2) is 10.7. The number of amides is 1. The lowest BCUT2D eigenvalue weighted by Crippen LogP contribution is -2.31. The molecule has 120 valence electrons. The average Bonchev–Trinajstić information content (AvgIpc) is 2.55. The Morgan fingerprint density at radius 1 is 1.18 bits per heavy atom. The monoisotopic (exact) mass is 301 g/mol. The molecule has 0 aromatic heterocycles. The molecule has 22 heavy (non-hydrogen) atoms. The van der Waals surface area contributed by atoms with Gasteiger partial charge in [-0.3, -0.25) is 4.90 Å². The molecule has 0 radical (unpaired) electrons. The summed E-state index contributed by atoms with van der Waals surface area (Å²) in [7, 11) is 1.74. The molecule has 0 aliphatic rings. The number of carbonyl (C=O) groups is 1. The van der Waals surface area contributed by atoms with Crippen LogP contribution in [0.3, 0.4) is 0 Å². The van der Waals surface area contributed by atoms with Gasteiger partial charge in [-0.25, -0.2) is 4.79 Å². The fraction of sp³-hybridized carbons (Fsp3) is 0.526. The van der Waals surface area contributed by atoms with Gasteiger partial charge in [-0.2, -0.15) is 0 Å². The predicted molar refractivity (Wildman–Crippen MR) is 90.5 cm³/mol. The number of ether oxygens (including phenoxy) is 1. The molecular formula is C19H27NO2. The van der Waals surface area contributed by atoms with Crippen molar-refractivity contribution in [2.45, 2.75) is 52.0 Å². The summed E-state index contributed by atoms with van der Waals surface area (Å²) in [4.78, 5) is 13.5. The fourth-order valence-electron chi connectivity index (χ4n) is 2.18. The van der Waals surface area contributed by atoms with Crippen molar-refractivity contribution in [3.05, 3.63) is 35.9 Å². The number of rotatable bonds is 7. The lowest BCUT2D eigenvalue weighted by molar-refractivity contribution is 0.109. The molecule has 0 N–H and O–H groups in total. The molecule has 1 rings (SSSR count). The van der Waals surface area contributed by atoms with E-state index >= 15 is 0 Å². The molecule has 0 fully saturated rings. The van der Waals surface area contributed by atoms with Crippen molar-refractivity contribution in [2.24, 2.45) is 0 Å². The maximum absolute atomic E-state index is 12.0. The van der Waals surface area contributed by atoms with Gasteiger partial charge in [0.2, 0.25) is 0 Å². The molecule has 1 aromatic rings. The van der Waals surface area contributed by atoms with Crippen LogP contribution in [0.1, 0.15) is 57.6 Å². The molecule has 0 bridgehead atoms. The van der Waals surface area contributed by atoms with Gasteiger partial charge in [0, 0.05) is 13.5 Å². The number of benzene rings is 1. The first kappa shape index (κ1) is 18.1. The van der Waals surface area contributed by atoms with Gasteiger partial charge in [-0.05, 0) is 18.9 Å². The van der Waals surface area contributed by atoms with Gasteiger partial charge < -0.3 is 4.74 Å². The third kappa shape index (κ3) is 6.22. The van der Waals surface area contributed by atoms with Crippen molar-refractivity contribution in [3.8, 4) is 11.8 Å². The maximum Gasteiger partial charge on any atom is 0.410 e. The summed E-state index contributed by atoms with van der Waals surface area (Å²) < 4.78 is 5.08. The first-order chi connectivity index (χ1) is 10.7. The highest BCUT2D eigenvalue weighted by Crippen LogP contribution is 2.19. The molecule has 0 aliphatic carbocycles. The van der Waals surface area contributed by atoms with Crippen molar-refractivity contribution < 1.29 is 9.53 Å². The van der Waals surface area contributed by atoms with Gasteiger partial charge in [0.1, 0.15) is 6.04 Å². The highest BCUT2D eigenvalue weighted by atomic mass is 16.6. The molecular weight excluding hydrogens is 274 g/mol. The van der Waals surface area contributed by atoms with Gasteiger partial charge in [-0.1, -0.05) is 62.4 Å². The summed E-state index contributed by atoms with van der Waals surface area (Å²) >= 11 is 0. The van der Waals surface area contributed by atoms with E-state index in [-0.39, 0.29) is 12.1 Å². The van der Waals surface area contributed by atoms with Crippen LogP contribution in [0.25, 0.3) is 0 Å². The Kier molecular flexibility index (Phi) is 8.83. The number of hydrogen-bond donors (Lipinski definition) is 0. The van der Waals surface area contributed by atoms with E-state index in [0.29, 0.717) is 6.61 Å². The van der Waals surface area contributed by atoms with Crippen LogP contribution in [-0.4, -0.2) is 24.6 Å². The molecule has 3 nitrogen and oxygen atoms in total. The Balaban J connectivity index is 2.75. The third-order valence-corrected chi connectivity index (χ3v) is 3.45. The van der Waals surface area contributed by atoms with Crippen LogP contribution in [-0.2, 0) is 4.74 Å². The van der Waals surface area contributed by atoms with E-state index in [0.717, 1.165) is 18.4 Å². The Labute approximate surface area is 134 Å². The van der Waals surface area contributed by atoms with E-state index < -0.39 is 0 Å². The number of nitrogens with zero attached hydrogens (tertiary/aromatic N) is 1. The Hall–Kier alpha value is -1.95. The summed E-state index contributed by atoms with van der Waals surface area (Å²) in [5, 5.41) is 0. The maximum atomic E-state index is 12.0. The molecule has 0 spiro atoms. The van der Waals surface area contributed by atoms with E-state index in [1.165, 1.54) is 19.3 Å². The minimum Gasteiger partial charge on any atom is -0.450 e. The molecule has 0 aliphatic heterocycles. The van der Waals surface area contributed by atoms with Crippen molar-refractivity contribution in [1.29, 1.82) is 0 Å². The normalized spacial score (nSPS) is 11.2. The quantitative estimate of drug-likeness (QED) is 0.535. The van der Waals surface area contributed by atoms with E-state index in [1.807, 2.05) is 37.3 Å². The minimum atomic E-state index is -0.336. The highest BCUT2D eigenvalue weighted by molar-refractivity contribution is 5.68. The number of carbonyl (C=O) groups excluding carboxylic acids is 1. The minimum absolute atomic E-state index is 0.258. The van der Waals surface area contributed by atoms with Gasteiger partial charge in [0.15, 0.2) is 0 Å². The summed E-state index contributed by atoms with van der Waals surface area (Å²) in [5.74, 6) is 6.45. The molecule has 1 atom stereocenters. The van der Waals surface area contributed by atoms with E-state index in [1.54, 1.807) is 11.9 Å². The zero-order valence-electron chi connectivity index (χ0n) is 14.0. The second-order valence-electron chi connectivity index (χ2n) is 5.25. The molecule has 3 heteroatoms. The van der Waals surface area contributed by atoms with Gasteiger partial charge in [0.25, 0.3) is 0 Å². The first-order valence-corrected chi connectivity index (χ1v) is 8.13. The van der Waals surface area contributed by atoms with Crippen molar-refractivity contribution >= 4 is 6.09 Å². The largest absolute Gasteiger partial charge is 0.450 e. The van der Waals surface area contributed by atoms with Crippen LogP contribution in [0.5, 0.6) is 0 Å². The van der Waals surface area contributed by atoms with E-state index in [4.69, 9.17) is 4.74 Å². The molecule has 0 heterocycles. The Morgan fingerprint density at radius 3 is 2.55 bits per heavy atom. The molecule has 1 amide bonds. The summed E-state index contributed by atoms with van der Waals surface area (Å²) in [6.07, 6.45) is 5.36. The first-order valence-electron chi connectivity index (χ1n) is 8.13. The zero-order chi connectivity index (χ0) is 16.2. The van der Waals surface area contributed by atoms with Gasteiger partial charge >= 0.3 is 6.09 Å². The predicted octanol–water partition coefficient (Wildman–Crippen LogP) is 4.79. The Bertz CT molecular complexity index is 487. The fourth-order valence-corrected chi connectivity index (χ4v) is 2.18. The molecule has 0 saturated carbocycles. The van der Waals surface area contributed by atoms with Crippen molar-refractivity contribution in [2.75, 3.05) is 13.7 Å². The van der Waals surface area contributed by atoms with Gasteiger partial charge in [0.05, 0.1) is 6.61 Å². The van der Waals surface area contributed by atoms with Crippen LogP contribution in [0.15, 0.2) is 30.3 Å². The lowest BCUT2D eigenvalue weighted by atomic mass is 10.1. The van der Waals surface area contributed by atoms with Crippen molar-refractivity contribution in [3.63, 3.8) is 0 Å². The standard InChI is InChI=1S/C19H27NO2/c1-4-6-7-8-9-13-16-18(17-14-11-10-12-15-17)20(3)19(21)22-5-2/h10-12,14-15,18H,4-9H2,1-3H3. The van der Waals surface area contributed by atoms with Crippen molar-refractivity contribution in [1.82, 2.24) is 4.90 Å². The SMILES string of the molecule is CCCCCCC#CC(c1ccccc1)N(C)C(=O)OCC. The lowest BCUT2D eigenvalue weighted by Gasteiger charge is -2.23. The number of unbranched alkanes of at least 4 members (excludes halogenated alkanes) is 4. The summed E-state index contributed by atoms with van der Waals surface area (Å²) in [6.45, 7) is 4.38. The number of hydrogen-bond acceptors (Lipinski definition) is 2. The van der Waals surface area contributed by atoms with E-state index in [2.05, 4.69) is 18.8 Å². The van der Waals surface area contributed by atoms with E-state index in [9.17, 15) is 4.79 Å². The van der Waals surface area contributed by atoms with Crippen LogP contribution in [0.4, 0.5) is 4.79 Å². The van der Waals surface area contributed by atoms with Crippen LogP contribution < -0.4 is 0 Å². The highest BCUT2D eigenvalue weighted by Gasteiger charge is 2.20. The second-order valence-corrected chi connectivity index (χ2v) is 5.25. The summed E-state index contributed by atoms with van der Waals surface area (Å²) in [5.41, 5.74) is 1.01. The topological polar surface area (TPSA) is 29.5 Å².